The third-order valence-corrected chi connectivity index (χ3v) is 5.81. The van der Waals surface area contributed by atoms with E-state index in [1.165, 1.54) is 17.0 Å². The summed E-state index contributed by atoms with van der Waals surface area (Å²) >= 11 is 11.6. The Kier molecular flexibility index (Phi) is 9.03. The van der Waals surface area contributed by atoms with Gasteiger partial charge in [-0.05, 0) is 70.0 Å². The van der Waals surface area contributed by atoms with Crippen LogP contribution in [-0.4, -0.2) is 53.6 Å². The van der Waals surface area contributed by atoms with Crippen LogP contribution in [0.1, 0.15) is 33.6 Å². The summed E-state index contributed by atoms with van der Waals surface area (Å²) in [5.74, 6) is -1.33. The molecule has 0 spiro atoms. The number of rotatable bonds is 6. The maximum atomic E-state index is 13.6. The van der Waals surface area contributed by atoms with E-state index in [4.69, 9.17) is 32.7 Å². The van der Waals surface area contributed by atoms with E-state index in [-0.39, 0.29) is 29.8 Å². The molecule has 2 atom stereocenters. The molecule has 36 heavy (non-hydrogen) atoms. The number of ether oxygens (including phenoxy) is 2. The van der Waals surface area contributed by atoms with E-state index in [0.29, 0.717) is 23.6 Å². The highest BCUT2D eigenvalue weighted by atomic mass is 35.5. The summed E-state index contributed by atoms with van der Waals surface area (Å²) in [6, 6.07) is 9.27. The molecule has 0 saturated carbocycles. The Hall–Kier alpha value is -3.04. The molecule has 0 radical (unpaired) electrons. The lowest BCUT2D eigenvalue weighted by Crippen LogP contribution is -2.58. The highest BCUT2D eigenvalue weighted by molar-refractivity contribution is 6.31. The molecule has 0 aliphatic carbocycles. The number of hydrogen-bond acceptors (Lipinski definition) is 5. The fraction of sp³-hybridized carbons (Fsp3) is 0.400. The average Bonchev–Trinajstić information content (AvgIpc) is 2.80. The molecule has 11 heteroatoms. The Morgan fingerprint density at radius 2 is 1.78 bits per heavy atom. The highest BCUT2D eigenvalue weighted by Crippen LogP contribution is 2.24. The van der Waals surface area contributed by atoms with Crippen molar-refractivity contribution in [2.75, 3.05) is 18.5 Å². The van der Waals surface area contributed by atoms with Crippen molar-refractivity contribution in [3.63, 3.8) is 0 Å². The Balaban J connectivity index is 1.64. The van der Waals surface area contributed by atoms with Gasteiger partial charge in [-0.15, -0.1) is 0 Å². The normalized spacial score (nSPS) is 17.8. The maximum Gasteiger partial charge on any atom is 0.411 e. The van der Waals surface area contributed by atoms with Crippen LogP contribution in [0.4, 0.5) is 14.9 Å². The van der Waals surface area contributed by atoms with Gasteiger partial charge in [-0.1, -0.05) is 23.2 Å². The molecule has 2 unspecified atom stereocenters. The van der Waals surface area contributed by atoms with Crippen LogP contribution < -0.4 is 15.4 Å². The number of nitrogens with zero attached hydrogens (tertiary/aromatic N) is 1. The van der Waals surface area contributed by atoms with Crippen molar-refractivity contribution in [1.82, 2.24) is 10.2 Å². The van der Waals surface area contributed by atoms with Gasteiger partial charge in [-0.2, -0.15) is 0 Å². The minimum Gasteiger partial charge on any atom is -0.484 e. The molecule has 0 bridgehead atoms. The van der Waals surface area contributed by atoms with Crippen LogP contribution in [0, 0.1) is 5.82 Å². The van der Waals surface area contributed by atoms with Gasteiger partial charge in [-0.25, -0.2) is 9.18 Å². The van der Waals surface area contributed by atoms with Crippen LogP contribution in [-0.2, 0) is 14.3 Å². The van der Waals surface area contributed by atoms with Gasteiger partial charge in [0.05, 0.1) is 5.02 Å². The number of likely N-dealkylation sites (tertiary alicyclic amines) is 1. The predicted molar refractivity (Wildman–Crippen MR) is 135 cm³/mol. The third-order valence-electron chi connectivity index (χ3n) is 5.25. The second-order valence-corrected chi connectivity index (χ2v) is 10.2. The van der Waals surface area contributed by atoms with Crippen molar-refractivity contribution in [1.29, 1.82) is 0 Å². The average molecular weight is 540 g/mol. The molecule has 1 aliphatic heterocycles. The first-order valence-electron chi connectivity index (χ1n) is 11.3. The van der Waals surface area contributed by atoms with E-state index < -0.39 is 35.5 Å². The maximum absolute atomic E-state index is 13.6. The number of benzene rings is 2. The Morgan fingerprint density at radius 3 is 2.42 bits per heavy atom. The van der Waals surface area contributed by atoms with Gasteiger partial charge in [0.15, 0.2) is 6.61 Å². The number of nitrogens with one attached hydrogen (secondary N) is 2. The summed E-state index contributed by atoms with van der Waals surface area (Å²) in [4.78, 5) is 39.7. The van der Waals surface area contributed by atoms with Gasteiger partial charge in [0.2, 0.25) is 5.91 Å². The van der Waals surface area contributed by atoms with E-state index >= 15 is 0 Å². The Labute approximate surface area is 219 Å². The number of hydrogen-bond donors (Lipinski definition) is 2. The zero-order valence-corrected chi connectivity index (χ0v) is 21.7. The number of carbonyl (C=O) groups is 3. The fourth-order valence-electron chi connectivity index (χ4n) is 3.63. The van der Waals surface area contributed by atoms with Crippen LogP contribution in [0.15, 0.2) is 42.5 Å². The van der Waals surface area contributed by atoms with Gasteiger partial charge >= 0.3 is 6.09 Å². The van der Waals surface area contributed by atoms with Crippen molar-refractivity contribution in [2.24, 2.45) is 0 Å². The molecule has 194 valence electrons. The molecule has 1 heterocycles. The van der Waals surface area contributed by atoms with Crippen molar-refractivity contribution in [3.05, 3.63) is 58.3 Å². The fourth-order valence-corrected chi connectivity index (χ4v) is 3.87. The van der Waals surface area contributed by atoms with E-state index in [2.05, 4.69) is 10.6 Å². The lowest BCUT2D eigenvalue weighted by Gasteiger charge is -2.39. The molecule has 2 aromatic carbocycles. The summed E-state index contributed by atoms with van der Waals surface area (Å²) in [6.07, 6.45) is 0.0808. The van der Waals surface area contributed by atoms with Gasteiger partial charge in [0.1, 0.15) is 23.2 Å². The van der Waals surface area contributed by atoms with Gasteiger partial charge in [0.25, 0.3) is 5.91 Å². The first-order valence-corrected chi connectivity index (χ1v) is 12.1. The second kappa shape index (κ2) is 11.8. The van der Waals surface area contributed by atoms with Gasteiger partial charge in [-0.3, -0.25) is 14.5 Å². The monoisotopic (exact) mass is 539 g/mol. The summed E-state index contributed by atoms with van der Waals surface area (Å²) in [6.45, 7) is 4.90. The SMILES string of the molecule is CC(C)(C)OC(=O)N1CC(NC(=O)COc2ccc(Cl)c(F)c2)CCC1C(=O)Nc1ccc(Cl)cc1. The van der Waals surface area contributed by atoms with E-state index in [9.17, 15) is 18.8 Å². The van der Waals surface area contributed by atoms with Crippen LogP contribution >= 0.6 is 23.2 Å². The van der Waals surface area contributed by atoms with E-state index in [0.717, 1.165) is 6.07 Å². The predicted octanol–water partition coefficient (Wildman–Crippen LogP) is 5.03. The minimum atomic E-state index is -0.794. The van der Waals surface area contributed by atoms with E-state index in [1.54, 1.807) is 45.0 Å². The minimum absolute atomic E-state index is 0.0501. The summed E-state index contributed by atoms with van der Waals surface area (Å²) in [7, 11) is 0. The topological polar surface area (TPSA) is 97.0 Å². The lowest BCUT2D eigenvalue weighted by atomic mass is 9.97. The highest BCUT2D eigenvalue weighted by Gasteiger charge is 2.38. The number of piperidine rings is 1. The molecule has 1 saturated heterocycles. The third kappa shape index (κ3) is 7.99. The number of amides is 3. The van der Waals surface area contributed by atoms with E-state index in [1.807, 2.05) is 0 Å². The molecule has 1 fully saturated rings. The molecule has 2 aromatic rings. The van der Waals surface area contributed by atoms with Crippen molar-refractivity contribution < 1.29 is 28.2 Å². The molecule has 3 amide bonds. The van der Waals surface area contributed by atoms with Gasteiger partial charge < -0.3 is 20.1 Å². The molecule has 8 nitrogen and oxygen atoms in total. The smallest absolute Gasteiger partial charge is 0.411 e. The van der Waals surface area contributed by atoms with Gasteiger partial charge in [0, 0.05) is 29.4 Å². The standard InChI is InChI=1S/C25H28Cl2FN3O5/c1-25(2,3)36-24(34)31-13-17(29-22(32)14-35-18-9-10-19(27)20(28)12-18)8-11-21(31)23(33)30-16-6-4-15(26)5-7-16/h4-7,9-10,12,17,21H,8,11,13-14H2,1-3H3,(H,29,32)(H,30,33). The zero-order chi connectivity index (χ0) is 26.5. The van der Waals surface area contributed by atoms with Crippen LogP contribution in [0.2, 0.25) is 10.0 Å². The Morgan fingerprint density at radius 1 is 1.08 bits per heavy atom. The molecular formula is C25H28Cl2FN3O5. The number of anilines is 1. The molecule has 0 aromatic heterocycles. The Bertz CT molecular complexity index is 1110. The van der Waals surface area contributed by atoms with Crippen molar-refractivity contribution >= 4 is 46.8 Å². The number of carbonyl (C=O) groups excluding carboxylic acids is 3. The van der Waals surface area contributed by atoms with Crippen molar-refractivity contribution in [3.8, 4) is 5.75 Å². The largest absolute Gasteiger partial charge is 0.484 e. The summed E-state index contributed by atoms with van der Waals surface area (Å²) in [5, 5.41) is 6.08. The van der Waals surface area contributed by atoms with Crippen LogP contribution in [0.5, 0.6) is 5.75 Å². The molecule has 2 N–H and O–H groups in total. The summed E-state index contributed by atoms with van der Waals surface area (Å²) in [5.41, 5.74) is -0.230. The first-order chi connectivity index (χ1) is 16.9. The molecule has 3 rings (SSSR count). The summed E-state index contributed by atoms with van der Waals surface area (Å²) < 4.78 is 24.4. The quantitative estimate of drug-likeness (QED) is 0.536. The lowest BCUT2D eigenvalue weighted by molar-refractivity contribution is -0.125. The van der Waals surface area contributed by atoms with Crippen molar-refractivity contribution in [2.45, 2.75) is 51.3 Å². The number of halogens is 3. The van der Waals surface area contributed by atoms with Crippen LogP contribution in [0.25, 0.3) is 0 Å². The second-order valence-electron chi connectivity index (χ2n) is 9.35. The zero-order valence-electron chi connectivity index (χ0n) is 20.1. The first kappa shape index (κ1) is 27.5. The van der Waals surface area contributed by atoms with Crippen LogP contribution in [0.3, 0.4) is 0 Å². The molecule has 1 aliphatic rings. The molecular weight excluding hydrogens is 512 g/mol.